The Morgan fingerprint density at radius 2 is 1.89 bits per heavy atom. The van der Waals surface area contributed by atoms with Crippen LogP contribution < -0.4 is 4.72 Å². The highest BCUT2D eigenvalue weighted by molar-refractivity contribution is 9.10. The lowest BCUT2D eigenvalue weighted by molar-refractivity contribution is 0.475. The molecule has 1 aromatic rings. The van der Waals surface area contributed by atoms with E-state index in [2.05, 4.69) is 20.7 Å². The first-order valence-electron chi connectivity index (χ1n) is 5.99. The van der Waals surface area contributed by atoms with Crippen LogP contribution in [0.5, 0.6) is 5.75 Å². The Labute approximate surface area is 116 Å². The average Bonchev–Trinajstić information content (AvgIpc) is 2.35. The zero-order valence-corrected chi connectivity index (χ0v) is 12.3. The number of aromatic hydroxyl groups is 1. The topological polar surface area (TPSA) is 66.4 Å². The third-order valence-corrected chi connectivity index (χ3v) is 5.55. The number of nitrogens with one attached hydrogen (secondary N) is 1. The van der Waals surface area contributed by atoms with Crippen molar-refractivity contribution in [3.63, 3.8) is 0 Å². The van der Waals surface area contributed by atoms with Gasteiger partial charge in [0.1, 0.15) is 5.75 Å². The molecule has 1 saturated carbocycles. The van der Waals surface area contributed by atoms with E-state index in [9.17, 15) is 13.5 Å². The predicted octanol–water partition coefficient (Wildman–Crippen LogP) is 3.23. The van der Waals surface area contributed by atoms with Gasteiger partial charge < -0.3 is 5.11 Å². The van der Waals surface area contributed by atoms with Gasteiger partial charge in [-0.15, -0.1) is 0 Å². The molecular weight excluding hydrogens is 318 g/mol. The Bertz CT molecular complexity index is 524. The summed E-state index contributed by atoms with van der Waals surface area (Å²) in [5.41, 5.74) is 0.231. The maximum atomic E-state index is 12.2. The maximum Gasteiger partial charge on any atom is 0.235 e. The lowest BCUT2D eigenvalue weighted by Gasteiger charge is -2.22. The Morgan fingerprint density at radius 3 is 2.56 bits per heavy atom. The lowest BCUT2D eigenvalue weighted by Crippen LogP contribution is -2.29. The van der Waals surface area contributed by atoms with Crippen molar-refractivity contribution in [1.29, 1.82) is 0 Å². The molecule has 0 saturated heterocycles. The van der Waals surface area contributed by atoms with Gasteiger partial charge in [0.2, 0.25) is 10.0 Å². The molecule has 1 aliphatic carbocycles. The van der Waals surface area contributed by atoms with E-state index in [1.54, 1.807) is 12.1 Å². The molecular formula is C12H16BrNO3S. The summed E-state index contributed by atoms with van der Waals surface area (Å²) in [6.45, 7) is 0. The predicted molar refractivity (Wildman–Crippen MR) is 75.2 cm³/mol. The van der Waals surface area contributed by atoms with Crippen molar-refractivity contribution in [1.82, 2.24) is 0 Å². The molecule has 1 aliphatic rings. The fourth-order valence-electron chi connectivity index (χ4n) is 2.20. The van der Waals surface area contributed by atoms with Crippen LogP contribution in [0.15, 0.2) is 22.7 Å². The Kier molecular flexibility index (Phi) is 4.17. The molecule has 0 atom stereocenters. The second kappa shape index (κ2) is 5.48. The summed E-state index contributed by atoms with van der Waals surface area (Å²) in [5.74, 6) is -0.0578. The normalized spacial score (nSPS) is 17.6. The Balaban J connectivity index is 2.18. The lowest BCUT2D eigenvalue weighted by atomic mass is 10.0. The summed E-state index contributed by atoms with van der Waals surface area (Å²) < 4.78 is 27.6. The Morgan fingerprint density at radius 1 is 1.22 bits per heavy atom. The number of anilines is 1. The molecule has 4 nitrogen and oxygen atoms in total. The summed E-state index contributed by atoms with van der Waals surface area (Å²) in [6, 6.07) is 4.69. The number of benzene rings is 1. The van der Waals surface area contributed by atoms with Crippen molar-refractivity contribution in [2.75, 3.05) is 4.72 Å². The fourth-order valence-corrected chi connectivity index (χ4v) is 4.15. The van der Waals surface area contributed by atoms with Crippen LogP contribution >= 0.6 is 15.9 Å². The van der Waals surface area contributed by atoms with Crippen LogP contribution in [0.4, 0.5) is 5.69 Å². The quantitative estimate of drug-likeness (QED) is 0.834. The average molecular weight is 334 g/mol. The number of phenols is 1. The first-order valence-corrected chi connectivity index (χ1v) is 8.33. The molecule has 2 rings (SSSR count). The van der Waals surface area contributed by atoms with Crippen LogP contribution in [-0.4, -0.2) is 18.8 Å². The van der Waals surface area contributed by atoms with Gasteiger partial charge in [0.05, 0.1) is 10.9 Å². The molecule has 18 heavy (non-hydrogen) atoms. The van der Waals surface area contributed by atoms with Gasteiger partial charge in [0.15, 0.2) is 0 Å². The van der Waals surface area contributed by atoms with E-state index < -0.39 is 10.0 Å². The van der Waals surface area contributed by atoms with E-state index in [1.807, 2.05) is 0 Å². The van der Waals surface area contributed by atoms with E-state index in [4.69, 9.17) is 0 Å². The number of hydrogen-bond donors (Lipinski definition) is 2. The zero-order chi connectivity index (χ0) is 13.2. The van der Waals surface area contributed by atoms with Gasteiger partial charge in [0, 0.05) is 4.47 Å². The minimum Gasteiger partial charge on any atom is -0.506 e. The molecule has 0 bridgehead atoms. The van der Waals surface area contributed by atoms with Crippen LogP contribution in [0, 0.1) is 0 Å². The van der Waals surface area contributed by atoms with Gasteiger partial charge in [-0.05, 0) is 31.0 Å². The molecule has 0 aromatic heterocycles. The summed E-state index contributed by atoms with van der Waals surface area (Å²) in [4.78, 5) is 0. The molecule has 0 spiro atoms. The summed E-state index contributed by atoms with van der Waals surface area (Å²) >= 11 is 3.25. The van der Waals surface area contributed by atoms with Crippen molar-refractivity contribution in [2.24, 2.45) is 0 Å². The largest absolute Gasteiger partial charge is 0.506 e. The van der Waals surface area contributed by atoms with Crippen LogP contribution in [0.1, 0.15) is 32.1 Å². The third-order valence-electron chi connectivity index (χ3n) is 3.20. The number of rotatable bonds is 3. The monoisotopic (exact) mass is 333 g/mol. The molecule has 0 radical (unpaired) electrons. The molecule has 1 aromatic carbocycles. The standard InChI is InChI=1S/C12H16BrNO3S/c13-9-6-7-12(15)11(8-9)14-18(16,17)10-4-2-1-3-5-10/h6-8,10,14-15H,1-5H2. The minimum absolute atomic E-state index is 0.0578. The second-order valence-electron chi connectivity index (χ2n) is 4.57. The van der Waals surface area contributed by atoms with E-state index in [0.717, 1.165) is 23.7 Å². The summed E-state index contributed by atoms with van der Waals surface area (Å²) in [5, 5.41) is 9.31. The maximum absolute atomic E-state index is 12.2. The van der Waals surface area contributed by atoms with Crippen molar-refractivity contribution in [3.05, 3.63) is 22.7 Å². The first kappa shape index (κ1) is 13.7. The van der Waals surface area contributed by atoms with E-state index in [-0.39, 0.29) is 16.7 Å². The van der Waals surface area contributed by atoms with Gasteiger partial charge in [-0.25, -0.2) is 8.42 Å². The summed E-state index contributed by atoms with van der Waals surface area (Å²) in [6.07, 6.45) is 4.41. The highest BCUT2D eigenvalue weighted by atomic mass is 79.9. The third kappa shape index (κ3) is 3.17. The molecule has 0 aliphatic heterocycles. The summed E-state index contributed by atoms with van der Waals surface area (Å²) in [7, 11) is -3.41. The van der Waals surface area contributed by atoms with Crippen LogP contribution in [0.3, 0.4) is 0 Å². The smallest absolute Gasteiger partial charge is 0.235 e. The van der Waals surface area contributed by atoms with Gasteiger partial charge in [-0.1, -0.05) is 35.2 Å². The molecule has 0 unspecified atom stereocenters. The minimum atomic E-state index is -3.41. The number of sulfonamides is 1. The highest BCUT2D eigenvalue weighted by Gasteiger charge is 2.27. The molecule has 1 fully saturated rings. The van der Waals surface area contributed by atoms with E-state index in [0.29, 0.717) is 12.8 Å². The van der Waals surface area contributed by atoms with E-state index in [1.165, 1.54) is 6.07 Å². The zero-order valence-electron chi connectivity index (χ0n) is 9.89. The fraction of sp³-hybridized carbons (Fsp3) is 0.500. The van der Waals surface area contributed by atoms with Crippen LogP contribution in [-0.2, 0) is 10.0 Å². The molecule has 100 valence electrons. The van der Waals surface area contributed by atoms with Gasteiger partial charge in [-0.2, -0.15) is 0 Å². The number of hydrogen-bond acceptors (Lipinski definition) is 3. The number of halogens is 1. The van der Waals surface area contributed by atoms with E-state index >= 15 is 0 Å². The van der Waals surface area contributed by atoms with Gasteiger partial charge in [0.25, 0.3) is 0 Å². The molecule has 6 heteroatoms. The first-order chi connectivity index (χ1) is 8.49. The molecule has 0 amide bonds. The van der Waals surface area contributed by atoms with Crippen molar-refractivity contribution in [3.8, 4) is 5.75 Å². The second-order valence-corrected chi connectivity index (χ2v) is 7.45. The van der Waals surface area contributed by atoms with Crippen LogP contribution in [0.25, 0.3) is 0 Å². The van der Waals surface area contributed by atoms with Crippen molar-refractivity contribution in [2.45, 2.75) is 37.4 Å². The highest BCUT2D eigenvalue weighted by Crippen LogP contribution is 2.30. The van der Waals surface area contributed by atoms with Gasteiger partial charge in [-0.3, -0.25) is 4.72 Å². The SMILES string of the molecule is O=S(=O)(Nc1cc(Br)ccc1O)C1CCCCC1. The van der Waals surface area contributed by atoms with Gasteiger partial charge >= 0.3 is 0 Å². The number of phenolic OH excluding ortho intramolecular Hbond substituents is 1. The molecule has 2 N–H and O–H groups in total. The molecule has 0 heterocycles. The Hall–Kier alpha value is -0.750. The van der Waals surface area contributed by atoms with Crippen molar-refractivity contribution >= 4 is 31.6 Å². The van der Waals surface area contributed by atoms with Crippen molar-refractivity contribution < 1.29 is 13.5 Å². The van der Waals surface area contributed by atoms with Crippen LogP contribution in [0.2, 0.25) is 0 Å².